The normalized spacial score (nSPS) is 7.25. The van der Waals surface area contributed by atoms with Gasteiger partial charge in [0.15, 0.2) is 0 Å². The molecule has 0 heterocycles. The molecule has 0 amide bonds. The Morgan fingerprint density at radius 2 is 2.00 bits per heavy atom. The topological polar surface area (TPSA) is 56.8 Å². The first kappa shape index (κ1) is 6.94. The average Bonchev–Trinajstić information content (AvgIpc) is 1.81. The fourth-order valence-electron chi connectivity index (χ4n) is 0.236. The summed E-state index contributed by atoms with van der Waals surface area (Å²) in [5.74, 6) is 0. The Morgan fingerprint density at radius 3 is 2.50 bits per heavy atom. The van der Waals surface area contributed by atoms with Gasteiger partial charge in [0, 0.05) is 0 Å². The largest absolute Gasteiger partial charge is 0.365 e. The van der Waals surface area contributed by atoms with Crippen LogP contribution in [0.25, 0.3) is 0 Å². The molecule has 3 nitrogen and oxygen atoms in total. The summed E-state index contributed by atoms with van der Waals surface area (Å²) in [6.45, 7) is 0.450. The van der Waals surface area contributed by atoms with Gasteiger partial charge in [-0.25, -0.2) is 0 Å². The Balaban J connectivity index is 2.77. The number of ether oxygens (including phenoxy) is 1. The van der Waals surface area contributed by atoms with Crippen molar-refractivity contribution in [2.45, 2.75) is 6.42 Å². The van der Waals surface area contributed by atoms with Gasteiger partial charge in [0.2, 0.25) is 0 Å². The standard InChI is InChI=1S/C5H6N2O/c6-2-1-4-8-5-3-7/h1,4-5H2. The van der Waals surface area contributed by atoms with Crippen molar-refractivity contribution < 1.29 is 4.74 Å². The first-order chi connectivity index (χ1) is 3.91. The molecule has 0 N–H and O–H groups in total. The van der Waals surface area contributed by atoms with Gasteiger partial charge in [0.1, 0.15) is 6.61 Å². The summed E-state index contributed by atoms with van der Waals surface area (Å²) < 4.78 is 4.64. The second-order valence-electron chi connectivity index (χ2n) is 1.12. The van der Waals surface area contributed by atoms with E-state index in [-0.39, 0.29) is 6.61 Å². The Morgan fingerprint density at radius 1 is 1.25 bits per heavy atom. The molecule has 8 heavy (non-hydrogen) atoms. The predicted octanol–water partition coefficient (Wildman–Crippen LogP) is 0.440. The lowest BCUT2D eigenvalue weighted by atomic mass is 10.5. The van der Waals surface area contributed by atoms with Gasteiger partial charge in [-0.2, -0.15) is 10.5 Å². The monoisotopic (exact) mass is 110 g/mol. The second kappa shape index (κ2) is 5.94. The van der Waals surface area contributed by atoms with E-state index in [1.54, 1.807) is 6.07 Å². The van der Waals surface area contributed by atoms with Crippen molar-refractivity contribution in [2.24, 2.45) is 0 Å². The van der Waals surface area contributed by atoms with Crippen molar-refractivity contribution in [1.82, 2.24) is 0 Å². The van der Waals surface area contributed by atoms with Crippen LogP contribution in [0.4, 0.5) is 0 Å². The third kappa shape index (κ3) is 4.94. The van der Waals surface area contributed by atoms with E-state index in [2.05, 4.69) is 4.74 Å². The van der Waals surface area contributed by atoms with Crippen LogP contribution >= 0.6 is 0 Å². The van der Waals surface area contributed by atoms with Crippen LogP contribution in [0.2, 0.25) is 0 Å². The van der Waals surface area contributed by atoms with Crippen LogP contribution in [0.1, 0.15) is 6.42 Å². The fraction of sp³-hybridized carbons (Fsp3) is 0.600. The van der Waals surface area contributed by atoms with Crippen LogP contribution in [0, 0.1) is 22.7 Å². The number of hydrogen-bond acceptors (Lipinski definition) is 3. The van der Waals surface area contributed by atoms with E-state index >= 15 is 0 Å². The molecule has 0 atom stereocenters. The molecule has 0 aromatic carbocycles. The lowest BCUT2D eigenvalue weighted by Crippen LogP contribution is -1.91. The van der Waals surface area contributed by atoms with Crippen molar-refractivity contribution in [3.63, 3.8) is 0 Å². The van der Waals surface area contributed by atoms with Gasteiger partial charge in [0.05, 0.1) is 25.2 Å². The summed E-state index contributed by atoms with van der Waals surface area (Å²) in [7, 11) is 0. The van der Waals surface area contributed by atoms with Gasteiger partial charge < -0.3 is 4.74 Å². The van der Waals surface area contributed by atoms with Crippen LogP contribution in [0.3, 0.4) is 0 Å². The van der Waals surface area contributed by atoms with E-state index in [0.717, 1.165) is 0 Å². The maximum atomic E-state index is 7.95. The van der Waals surface area contributed by atoms with Gasteiger partial charge in [-0.1, -0.05) is 0 Å². The van der Waals surface area contributed by atoms with Gasteiger partial charge >= 0.3 is 0 Å². The molecule has 0 aliphatic carbocycles. The minimum atomic E-state index is 0.0850. The van der Waals surface area contributed by atoms with E-state index in [9.17, 15) is 0 Å². The number of nitrogens with zero attached hydrogens (tertiary/aromatic N) is 2. The maximum absolute atomic E-state index is 7.95. The van der Waals surface area contributed by atoms with Gasteiger partial charge in [-0.05, 0) is 0 Å². The Labute approximate surface area is 48.1 Å². The molecule has 0 saturated carbocycles. The van der Waals surface area contributed by atoms with Crippen molar-refractivity contribution in [1.29, 1.82) is 10.5 Å². The first-order valence-corrected chi connectivity index (χ1v) is 2.23. The van der Waals surface area contributed by atoms with Crippen LogP contribution in [-0.4, -0.2) is 13.2 Å². The summed E-state index contributed by atoms with van der Waals surface area (Å²) in [6, 6.07) is 3.69. The minimum absolute atomic E-state index is 0.0850. The Kier molecular flexibility index (Phi) is 5.15. The quantitative estimate of drug-likeness (QED) is 0.495. The molecule has 0 saturated heterocycles. The molecule has 0 aromatic rings. The third-order valence-corrected chi connectivity index (χ3v) is 0.525. The van der Waals surface area contributed by atoms with Gasteiger partial charge in [0.25, 0.3) is 0 Å². The lowest BCUT2D eigenvalue weighted by Gasteiger charge is -1.88. The molecule has 0 spiro atoms. The lowest BCUT2D eigenvalue weighted by molar-refractivity contribution is 0.172. The molecule has 0 aromatic heterocycles. The highest BCUT2D eigenvalue weighted by atomic mass is 16.5. The van der Waals surface area contributed by atoms with Gasteiger partial charge in [-0.15, -0.1) is 0 Å². The first-order valence-electron chi connectivity index (χ1n) is 2.23. The van der Waals surface area contributed by atoms with Crippen LogP contribution < -0.4 is 0 Å². The van der Waals surface area contributed by atoms with E-state index in [0.29, 0.717) is 13.0 Å². The minimum Gasteiger partial charge on any atom is -0.365 e. The molecule has 0 unspecified atom stereocenters. The molecular weight excluding hydrogens is 104 g/mol. The molecule has 0 radical (unpaired) electrons. The van der Waals surface area contributed by atoms with Crippen LogP contribution in [0.5, 0.6) is 0 Å². The highest BCUT2D eigenvalue weighted by Gasteiger charge is 1.81. The molecule has 0 rings (SSSR count). The fourth-order valence-corrected chi connectivity index (χ4v) is 0.236. The van der Waals surface area contributed by atoms with E-state index in [1.165, 1.54) is 0 Å². The van der Waals surface area contributed by atoms with Crippen molar-refractivity contribution in [3.8, 4) is 12.1 Å². The molecule has 0 aliphatic heterocycles. The highest BCUT2D eigenvalue weighted by Crippen LogP contribution is 1.76. The molecule has 0 aliphatic rings. The zero-order valence-electron chi connectivity index (χ0n) is 4.42. The summed E-state index contributed by atoms with van der Waals surface area (Å²) in [4.78, 5) is 0. The number of rotatable bonds is 3. The van der Waals surface area contributed by atoms with Crippen LogP contribution in [0.15, 0.2) is 0 Å². The second-order valence-corrected chi connectivity index (χ2v) is 1.12. The molecule has 42 valence electrons. The average molecular weight is 110 g/mol. The van der Waals surface area contributed by atoms with Crippen LogP contribution in [-0.2, 0) is 4.74 Å². The van der Waals surface area contributed by atoms with Crippen molar-refractivity contribution >= 4 is 0 Å². The zero-order valence-corrected chi connectivity index (χ0v) is 4.42. The Bertz CT molecular complexity index is 103. The highest BCUT2D eigenvalue weighted by molar-refractivity contribution is 4.70. The van der Waals surface area contributed by atoms with Crippen molar-refractivity contribution in [3.05, 3.63) is 0 Å². The molecule has 0 bridgehead atoms. The summed E-state index contributed by atoms with van der Waals surface area (Å²) in [6.07, 6.45) is 0.363. The van der Waals surface area contributed by atoms with E-state index in [4.69, 9.17) is 10.5 Å². The smallest absolute Gasteiger partial charge is 0.133 e. The van der Waals surface area contributed by atoms with E-state index < -0.39 is 0 Å². The number of hydrogen-bond donors (Lipinski definition) is 0. The Hall–Kier alpha value is -1.06. The predicted molar refractivity (Wildman–Crippen MR) is 26.7 cm³/mol. The maximum Gasteiger partial charge on any atom is 0.133 e. The summed E-state index contributed by atoms with van der Waals surface area (Å²) in [5.41, 5.74) is 0. The van der Waals surface area contributed by atoms with Crippen molar-refractivity contribution in [2.75, 3.05) is 13.2 Å². The number of nitriles is 2. The zero-order chi connectivity index (χ0) is 6.24. The summed E-state index contributed by atoms with van der Waals surface area (Å²) in [5, 5.41) is 15.9. The van der Waals surface area contributed by atoms with E-state index in [1.807, 2.05) is 6.07 Å². The molecule has 3 heteroatoms. The third-order valence-electron chi connectivity index (χ3n) is 0.525. The SMILES string of the molecule is N#CCCOCC#N. The van der Waals surface area contributed by atoms with Gasteiger partial charge in [-0.3, -0.25) is 0 Å². The molecular formula is C5H6N2O. The summed E-state index contributed by atoms with van der Waals surface area (Å²) >= 11 is 0. The molecule has 0 fully saturated rings.